The van der Waals surface area contributed by atoms with Crippen LogP contribution < -0.4 is 10.2 Å². The van der Waals surface area contributed by atoms with Crippen LogP contribution in [0.3, 0.4) is 0 Å². The first-order chi connectivity index (χ1) is 10.4. The van der Waals surface area contributed by atoms with Gasteiger partial charge in [0.25, 0.3) is 0 Å². The molecule has 7 heteroatoms. The molecule has 1 heterocycles. The van der Waals surface area contributed by atoms with Gasteiger partial charge in [-0.2, -0.15) is 0 Å². The van der Waals surface area contributed by atoms with E-state index in [-0.39, 0.29) is 25.1 Å². The van der Waals surface area contributed by atoms with Gasteiger partial charge in [-0.25, -0.2) is 8.78 Å². The molecule has 0 bridgehead atoms. The van der Waals surface area contributed by atoms with Gasteiger partial charge in [0.05, 0.1) is 5.52 Å². The van der Waals surface area contributed by atoms with E-state index in [1.165, 1.54) is 18.0 Å². The van der Waals surface area contributed by atoms with Crippen LogP contribution >= 0.6 is 0 Å². The topological polar surface area (TPSA) is 54.3 Å². The summed E-state index contributed by atoms with van der Waals surface area (Å²) in [7, 11) is 3.22. The van der Waals surface area contributed by atoms with Crippen molar-refractivity contribution in [2.45, 2.75) is 13.3 Å². The molecular weight excluding hydrogens is 292 g/mol. The molecule has 0 aliphatic rings. The van der Waals surface area contributed by atoms with E-state index < -0.39 is 17.5 Å². The Kier molecular flexibility index (Phi) is 4.44. The molecule has 0 atom stereocenters. The number of fused-ring (bicyclic) bond motifs is 1. The molecule has 22 heavy (non-hydrogen) atoms. The predicted octanol–water partition coefficient (Wildman–Crippen LogP) is 1.86. The molecule has 0 saturated carbocycles. The molecule has 118 valence electrons. The second-order valence-corrected chi connectivity index (χ2v) is 5.20. The van der Waals surface area contributed by atoms with Gasteiger partial charge in [-0.05, 0) is 12.5 Å². The van der Waals surface area contributed by atoms with Gasteiger partial charge in [0, 0.05) is 44.7 Å². The molecule has 5 nitrogen and oxygen atoms in total. The first-order valence-electron chi connectivity index (χ1n) is 6.74. The average molecular weight is 309 g/mol. The van der Waals surface area contributed by atoms with Gasteiger partial charge >= 0.3 is 0 Å². The zero-order chi connectivity index (χ0) is 16.4. The summed E-state index contributed by atoms with van der Waals surface area (Å²) in [4.78, 5) is 22.7. The fourth-order valence-corrected chi connectivity index (χ4v) is 2.54. The van der Waals surface area contributed by atoms with Crippen LogP contribution in [0.4, 0.5) is 14.5 Å². The Morgan fingerprint density at radius 3 is 2.77 bits per heavy atom. The van der Waals surface area contributed by atoms with Crippen molar-refractivity contribution in [3.8, 4) is 0 Å². The molecule has 2 aromatic rings. The van der Waals surface area contributed by atoms with Crippen molar-refractivity contribution in [2.24, 2.45) is 7.05 Å². The van der Waals surface area contributed by atoms with Crippen LogP contribution in [0.15, 0.2) is 12.3 Å². The Morgan fingerprint density at radius 2 is 2.14 bits per heavy atom. The fraction of sp³-hybridized carbons (Fsp3) is 0.333. The van der Waals surface area contributed by atoms with E-state index in [0.717, 1.165) is 0 Å². The minimum absolute atomic E-state index is 0.0417. The Morgan fingerprint density at radius 1 is 1.45 bits per heavy atom. The van der Waals surface area contributed by atoms with Gasteiger partial charge in [0.15, 0.2) is 11.6 Å². The number of halogens is 2. The number of nitrogens with zero attached hydrogens (tertiary/aromatic N) is 2. The van der Waals surface area contributed by atoms with Crippen molar-refractivity contribution in [3.05, 3.63) is 29.5 Å². The van der Waals surface area contributed by atoms with Gasteiger partial charge in [-0.15, -0.1) is 0 Å². The van der Waals surface area contributed by atoms with Crippen molar-refractivity contribution < 1.29 is 18.4 Å². The molecule has 1 aromatic carbocycles. The molecule has 0 aliphatic carbocycles. The fourth-order valence-electron chi connectivity index (χ4n) is 2.54. The number of benzene rings is 1. The summed E-state index contributed by atoms with van der Waals surface area (Å²) in [6, 6.07) is 1.28. The lowest BCUT2D eigenvalue weighted by Crippen LogP contribution is -2.28. The van der Waals surface area contributed by atoms with E-state index in [1.54, 1.807) is 24.7 Å². The van der Waals surface area contributed by atoms with Gasteiger partial charge < -0.3 is 9.47 Å². The molecule has 1 N–H and O–H groups in total. The summed E-state index contributed by atoms with van der Waals surface area (Å²) in [6.45, 7) is 1.84. The van der Waals surface area contributed by atoms with Crippen molar-refractivity contribution >= 4 is 28.9 Å². The molecule has 0 saturated heterocycles. The van der Waals surface area contributed by atoms with Crippen LogP contribution in [-0.4, -0.2) is 30.5 Å². The number of hydrogen-bond donors (Lipinski definition) is 1. The maximum atomic E-state index is 14.7. The number of nitrogens with one attached hydrogen (secondary N) is 1. The van der Waals surface area contributed by atoms with Crippen LogP contribution in [0.2, 0.25) is 0 Å². The van der Waals surface area contributed by atoms with E-state index in [0.29, 0.717) is 16.5 Å². The number of aromatic nitrogens is 1. The normalized spacial score (nSPS) is 10.8. The van der Waals surface area contributed by atoms with Crippen LogP contribution in [0.1, 0.15) is 12.0 Å². The minimum atomic E-state index is -0.690. The summed E-state index contributed by atoms with van der Waals surface area (Å²) in [5.74, 6) is -1.84. The number of imide groups is 1. The second-order valence-electron chi connectivity index (χ2n) is 5.20. The molecule has 2 rings (SSSR count). The zero-order valence-corrected chi connectivity index (χ0v) is 12.6. The summed E-state index contributed by atoms with van der Waals surface area (Å²) in [6.07, 6.45) is 1.97. The number of hydrogen-bond acceptors (Lipinski definition) is 3. The highest BCUT2D eigenvalue weighted by Gasteiger charge is 2.20. The molecule has 1 aromatic heterocycles. The van der Waals surface area contributed by atoms with Crippen molar-refractivity contribution in [3.63, 3.8) is 0 Å². The molecule has 0 aliphatic heterocycles. The SMILES string of the molecule is Cc1cn(C)c2cc(F)c(N(C)CCC(=O)NC=O)c(F)c12. The van der Waals surface area contributed by atoms with Gasteiger partial charge in [0.1, 0.15) is 5.69 Å². The van der Waals surface area contributed by atoms with E-state index >= 15 is 0 Å². The number of anilines is 1. The van der Waals surface area contributed by atoms with Crippen molar-refractivity contribution in [1.82, 2.24) is 9.88 Å². The highest BCUT2D eigenvalue weighted by molar-refractivity contribution is 5.89. The van der Waals surface area contributed by atoms with Crippen LogP contribution in [0.5, 0.6) is 0 Å². The number of aryl methyl sites for hydroxylation is 2. The summed E-state index contributed by atoms with van der Waals surface area (Å²) in [5, 5.41) is 2.35. The monoisotopic (exact) mass is 309 g/mol. The maximum absolute atomic E-state index is 14.7. The smallest absolute Gasteiger partial charge is 0.228 e. The van der Waals surface area contributed by atoms with Crippen LogP contribution in [-0.2, 0) is 16.6 Å². The second kappa shape index (κ2) is 6.13. The van der Waals surface area contributed by atoms with Crippen molar-refractivity contribution in [1.29, 1.82) is 0 Å². The third-order valence-corrected chi connectivity index (χ3v) is 3.61. The average Bonchev–Trinajstić information content (AvgIpc) is 2.71. The summed E-state index contributed by atoms with van der Waals surface area (Å²) < 4.78 is 30.6. The first kappa shape index (κ1) is 15.9. The Balaban J connectivity index is 2.36. The minimum Gasteiger partial charge on any atom is -0.369 e. The summed E-state index contributed by atoms with van der Waals surface area (Å²) in [5.41, 5.74) is 1.01. The van der Waals surface area contributed by atoms with Gasteiger partial charge in [-0.3, -0.25) is 14.9 Å². The standard InChI is InChI=1S/C15H17F2N3O2/c1-9-7-20(3)11-6-10(16)15(14(17)13(9)11)19(2)5-4-12(22)18-8-21/h6-8H,4-5H2,1-3H3,(H,18,21,22). The Labute approximate surface area is 126 Å². The molecule has 0 unspecified atom stereocenters. The van der Waals surface area contributed by atoms with Gasteiger partial charge in [-0.1, -0.05) is 0 Å². The Bertz CT molecular complexity index is 740. The molecule has 0 radical (unpaired) electrons. The third kappa shape index (κ3) is 2.79. The number of carbonyl (C=O) groups excluding carboxylic acids is 2. The third-order valence-electron chi connectivity index (χ3n) is 3.61. The highest BCUT2D eigenvalue weighted by Crippen LogP contribution is 2.32. The lowest BCUT2D eigenvalue weighted by Gasteiger charge is -2.20. The number of amides is 2. The van der Waals surface area contributed by atoms with Gasteiger partial charge in [0.2, 0.25) is 12.3 Å². The van der Waals surface area contributed by atoms with E-state index in [2.05, 4.69) is 0 Å². The number of rotatable bonds is 5. The Hall–Kier alpha value is -2.44. The van der Waals surface area contributed by atoms with E-state index in [1.807, 2.05) is 5.32 Å². The van der Waals surface area contributed by atoms with Crippen LogP contribution in [0, 0.1) is 18.6 Å². The largest absolute Gasteiger partial charge is 0.369 e. The molecule has 0 fully saturated rings. The van der Waals surface area contributed by atoms with Crippen molar-refractivity contribution in [2.75, 3.05) is 18.5 Å². The summed E-state index contributed by atoms with van der Waals surface area (Å²) >= 11 is 0. The first-order valence-corrected chi connectivity index (χ1v) is 6.74. The lowest BCUT2D eigenvalue weighted by molar-refractivity contribution is -0.125. The highest BCUT2D eigenvalue weighted by atomic mass is 19.1. The lowest BCUT2D eigenvalue weighted by atomic mass is 10.1. The quantitative estimate of drug-likeness (QED) is 0.858. The predicted molar refractivity (Wildman–Crippen MR) is 79.7 cm³/mol. The molecule has 0 spiro atoms. The molecule has 2 amide bonds. The van der Waals surface area contributed by atoms with E-state index in [9.17, 15) is 18.4 Å². The van der Waals surface area contributed by atoms with E-state index in [4.69, 9.17) is 0 Å². The zero-order valence-electron chi connectivity index (χ0n) is 12.6. The maximum Gasteiger partial charge on any atom is 0.228 e. The number of carbonyl (C=O) groups is 2. The van der Waals surface area contributed by atoms with Crippen LogP contribution in [0.25, 0.3) is 10.9 Å². The molecular formula is C15H17F2N3O2.